The lowest BCUT2D eigenvalue weighted by Crippen LogP contribution is -2.62. The molecule has 1 fully saturated rings. The highest BCUT2D eigenvalue weighted by molar-refractivity contribution is 6.31. The maximum Gasteiger partial charge on any atom is 0.266 e. The first-order valence-corrected chi connectivity index (χ1v) is 13.7. The number of halogens is 1. The second kappa shape index (κ2) is 11.3. The molecule has 8 heteroatoms. The summed E-state index contributed by atoms with van der Waals surface area (Å²) in [5.74, 6) is -1.11. The van der Waals surface area contributed by atoms with Gasteiger partial charge in [0.05, 0.1) is 6.04 Å². The molecule has 2 aromatic carbocycles. The zero-order chi connectivity index (χ0) is 27.5. The first-order chi connectivity index (χ1) is 18.0. The van der Waals surface area contributed by atoms with Crippen molar-refractivity contribution in [2.75, 3.05) is 0 Å². The van der Waals surface area contributed by atoms with E-state index in [9.17, 15) is 14.4 Å². The Morgan fingerprint density at radius 3 is 2.37 bits per heavy atom. The number of aromatic nitrogens is 1. The van der Waals surface area contributed by atoms with Crippen molar-refractivity contribution >= 4 is 40.3 Å². The number of benzene rings is 2. The van der Waals surface area contributed by atoms with Crippen LogP contribution in [0.2, 0.25) is 5.02 Å². The van der Waals surface area contributed by atoms with E-state index in [1.165, 1.54) is 0 Å². The third-order valence-electron chi connectivity index (χ3n) is 7.27. The summed E-state index contributed by atoms with van der Waals surface area (Å²) in [5.41, 5.74) is 1.45. The molecule has 1 aliphatic carbocycles. The molecular weight excluding hydrogens is 502 g/mol. The van der Waals surface area contributed by atoms with E-state index in [0.717, 1.165) is 24.8 Å². The normalized spacial score (nSPS) is 16.1. The maximum atomic E-state index is 13.8. The molecule has 4 rings (SSSR count). The predicted molar refractivity (Wildman–Crippen MR) is 149 cm³/mol. The van der Waals surface area contributed by atoms with Crippen molar-refractivity contribution in [1.82, 2.24) is 15.6 Å². The number of hydrogen-bond donors (Lipinski definition) is 2. The van der Waals surface area contributed by atoms with Crippen molar-refractivity contribution in [1.29, 1.82) is 0 Å². The Hall–Kier alpha value is -3.19. The van der Waals surface area contributed by atoms with Crippen LogP contribution in [-0.2, 0) is 10.2 Å². The average Bonchev–Trinajstić information content (AvgIpc) is 3.31. The summed E-state index contributed by atoms with van der Waals surface area (Å²) >= 11 is 6.05. The minimum absolute atomic E-state index is 0.0265. The predicted octanol–water partition coefficient (Wildman–Crippen LogP) is 6.38. The van der Waals surface area contributed by atoms with Gasteiger partial charge >= 0.3 is 0 Å². The Morgan fingerprint density at radius 2 is 1.74 bits per heavy atom. The highest BCUT2D eigenvalue weighted by atomic mass is 35.5. The molecule has 1 aromatic heterocycles. The van der Waals surface area contributed by atoms with Gasteiger partial charge in [0, 0.05) is 10.6 Å². The molecule has 7 nitrogen and oxygen atoms in total. The summed E-state index contributed by atoms with van der Waals surface area (Å²) in [4.78, 5) is 44.7. The fourth-order valence-corrected chi connectivity index (χ4v) is 5.15. The van der Waals surface area contributed by atoms with E-state index < -0.39 is 17.4 Å². The van der Waals surface area contributed by atoms with Crippen molar-refractivity contribution in [3.8, 4) is 0 Å². The molecular formula is C30H36ClN3O4. The molecule has 1 atom stereocenters. The van der Waals surface area contributed by atoms with Crippen LogP contribution in [0.1, 0.15) is 99.2 Å². The number of rotatable bonds is 8. The number of carbonyl (C=O) groups is 3. The topological polar surface area (TPSA) is 101 Å². The van der Waals surface area contributed by atoms with E-state index in [1.54, 1.807) is 30.3 Å². The van der Waals surface area contributed by atoms with E-state index in [4.69, 9.17) is 16.0 Å². The van der Waals surface area contributed by atoms with Gasteiger partial charge < -0.3 is 15.1 Å². The number of nitrogens with one attached hydrogen (secondary N) is 2. The minimum Gasteiger partial charge on any atom is -0.434 e. The SMILES string of the molecule is CCC[C@H](NC(=O)C1(NC(=O)c2ccc(C(C)(C)C)cc2)CCCCC1)C(=O)c1nc2cc(Cl)ccc2o1. The highest BCUT2D eigenvalue weighted by Gasteiger charge is 2.42. The summed E-state index contributed by atoms with van der Waals surface area (Å²) in [6.07, 6.45) is 4.74. The third-order valence-corrected chi connectivity index (χ3v) is 7.50. The number of carbonyl (C=O) groups excluding carboxylic acids is 3. The van der Waals surface area contributed by atoms with Crippen LogP contribution in [0.25, 0.3) is 11.1 Å². The number of oxazole rings is 1. The third kappa shape index (κ3) is 6.09. The van der Waals surface area contributed by atoms with Crippen molar-refractivity contribution in [2.45, 2.75) is 89.6 Å². The summed E-state index contributed by atoms with van der Waals surface area (Å²) in [5, 5.41) is 6.48. The zero-order valence-electron chi connectivity index (χ0n) is 22.5. The quantitative estimate of drug-likeness (QED) is 0.325. The molecule has 38 heavy (non-hydrogen) atoms. The molecule has 3 aromatic rings. The molecule has 2 N–H and O–H groups in total. The number of Topliss-reactive ketones (excluding diaryl/α,β-unsaturated/α-hetero) is 1. The van der Waals surface area contributed by atoms with Gasteiger partial charge in [0.15, 0.2) is 5.58 Å². The molecule has 1 saturated carbocycles. The van der Waals surface area contributed by atoms with Crippen molar-refractivity contribution < 1.29 is 18.8 Å². The second-order valence-electron chi connectivity index (χ2n) is 11.2. The molecule has 0 aliphatic heterocycles. The van der Waals surface area contributed by atoms with E-state index in [2.05, 4.69) is 36.4 Å². The second-order valence-corrected chi connectivity index (χ2v) is 11.7. The number of fused-ring (bicyclic) bond motifs is 1. The maximum absolute atomic E-state index is 13.8. The van der Waals surface area contributed by atoms with Gasteiger partial charge in [-0.25, -0.2) is 4.98 Å². The van der Waals surface area contributed by atoms with Crippen LogP contribution in [0, 0.1) is 0 Å². The first-order valence-electron chi connectivity index (χ1n) is 13.4. The van der Waals surface area contributed by atoms with Crippen LogP contribution in [-0.4, -0.2) is 34.2 Å². The number of ketones is 1. The molecule has 1 heterocycles. The molecule has 0 saturated heterocycles. The fourth-order valence-electron chi connectivity index (χ4n) is 4.98. The van der Waals surface area contributed by atoms with Gasteiger partial charge in [-0.15, -0.1) is 0 Å². The van der Waals surface area contributed by atoms with E-state index in [0.29, 0.717) is 47.4 Å². The van der Waals surface area contributed by atoms with Crippen LogP contribution in [0.3, 0.4) is 0 Å². The highest BCUT2D eigenvalue weighted by Crippen LogP contribution is 2.30. The van der Waals surface area contributed by atoms with Gasteiger partial charge in [0.1, 0.15) is 11.1 Å². The summed E-state index contributed by atoms with van der Waals surface area (Å²) < 4.78 is 5.68. The van der Waals surface area contributed by atoms with E-state index >= 15 is 0 Å². The molecule has 1 aliphatic rings. The summed E-state index contributed by atoms with van der Waals surface area (Å²) in [6, 6.07) is 11.6. The number of hydrogen-bond acceptors (Lipinski definition) is 5. The molecule has 0 spiro atoms. The monoisotopic (exact) mass is 537 g/mol. The average molecular weight is 538 g/mol. The van der Waals surface area contributed by atoms with Gasteiger partial charge in [-0.3, -0.25) is 14.4 Å². The Labute approximate surface area is 228 Å². The largest absolute Gasteiger partial charge is 0.434 e. The Bertz CT molecular complexity index is 1320. The smallest absolute Gasteiger partial charge is 0.266 e. The number of amides is 2. The van der Waals surface area contributed by atoms with Crippen LogP contribution < -0.4 is 10.6 Å². The molecule has 2 amide bonds. The Kier molecular flexibility index (Phi) is 8.26. The van der Waals surface area contributed by atoms with Gasteiger partial charge in [0.25, 0.3) is 11.8 Å². The minimum atomic E-state index is -1.08. The lowest BCUT2D eigenvalue weighted by molar-refractivity contribution is -0.129. The fraction of sp³-hybridized carbons (Fsp3) is 0.467. The lowest BCUT2D eigenvalue weighted by Gasteiger charge is -2.37. The first kappa shape index (κ1) is 27.8. The van der Waals surface area contributed by atoms with Crippen LogP contribution in [0.15, 0.2) is 46.9 Å². The Balaban J connectivity index is 1.54. The van der Waals surface area contributed by atoms with Gasteiger partial charge in [-0.2, -0.15) is 0 Å². The number of nitrogens with zero attached hydrogens (tertiary/aromatic N) is 1. The molecule has 0 unspecified atom stereocenters. The summed E-state index contributed by atoms with van der Waals surface area (Å²) in [7, 11) is 0. The Morgan fingerprint density at radius 1 is 1.05 bits per heavy atom. The van der Waals surface area contributed by atoms with Gasteiger partial charge in [0.2, 0.25) is 11.7 Å². The lowest BCUT2D eigenvalue weighted by atomic mass is 9.80. The van der Waals surface area contributed by atoms with E-state index in [-0.39, 0.29) is 23.1 Å². The van der Waals surface area contributed by atoms with Gasteiger partial charge in [-0.05, 0) is 60.6 Å². The van der Waals surface area contributed by atoms with Crippen LogP contribution in [0.4, 0.5) is 0 Å². The molecule has 202 valence electrons. The standard InChI is InChI=1S/C30H36ClN3O4/c1-5-9-22(25(35)27-32-23-18-21(31)14-15-24(23)38-27)33-28(37)30(16-7-6-8-17-30)34-26(36)19-10-12-20(13-11-19)29(2,3)4/h10-15,18,22H,5-9,16-17H2,1-4H3,(H,33,37)(H,34,36)/t22-/m0/s1. The molecule has 0 bridgehead atoms. The summed E-state index contributed by atoms with van der Waals surface area (Å²) in [6.45, 7) is 8.30. The molecule has 0 radical (unpaired) electrons. The van der Waals surface area contributed by atoms with Crippen molar-refractivity contribution in [2.24, 2.45) is 0 Å². The van der Waals surface area contributed by atoms with E-state index in [1.807, 2.05) is 19.1 Å². The van der Waals surface area contributed by atoms with Crippen LogP contribution >= 0.6 is 11.6 Å². The van der Waals surface area contributed by atoms with Crippen molar-refractivity contribution in [3.63, 3.8) is 0 Å². The van der Waals surface area contributed by atoms with Crippen molar-refractivity contribution in [3.05, 3.63) is 64.5 Å². The van der Waals surface area contributed by atoms with Gasteiger partial charge in [-0.1, -0.05) is 77.1 Å². The van der Waals surface area contributed by atoms with Crippen LogP contribution in [0.5, 0.6) is 0 Å². The zero-order valence-corrected chi connectivity index (χ0v) is 23.3.